The Bertz CT molecular complexity index is 605. The quantitative estimate of drug-likeness (QED) is 0.920. The minimum atomic E-state index is -0.0565. The van der Waals surface area contributed by atoms with E-state index in [1.54, 1.807) is 25.3 Å². The maximum atomic E-state index is 12.7. The van der Waals surface area contributed by atoms with Crippen molar-refractivity contribution in [2.75, 3.05) is 20.2 Å². The monoisotopic (exact) mass is 322 g/mol. The molecule has 1 aromatic carbocycles. The van der Waals surface area contributed by atoms with Crippen LogP contribution in [0.25, 0.3) is 0 Å². The molecule has 0 bridgehead atoms. The molecule has 0 aromatic heterocycles. The number of nitrogens with zero attached hydrogens (tertiary/aromatic N) is 1. The van der Waals surface area contributed by atoms with Gasteiger partial charge >= 0.3 is 0 Å². The van der Waals surface area contributed by atoms with Crippen LogP contribution in [-0.2, 0) is 16.0 Å². The van der Waals surface area contributed by atoms with E-state index in [0.29, 0.717) is 23.9 Å². The number of likely N-dealkylation sites (tertiary alicyclic amines) is 1. The summed E-state index contributed by atoms with van der Waals surface area (Å²) in [5.74, 6) is 0.695. The summed E-state index contributed by atoms with van der Waals surface area (Å²) in [6.07, 6.45) is 1.97. The highest BCUT2D eigenvalue weighted by Gasteiger charge is 2.42. The van der Waals surface area contributed by atoms with Gasteiger partial charge in [-0.3, -0.25) is 9.59 Å². The second-order valence-electron chi connectivity index (χ2n) is 5.78. The maximum absolute atomic E-state index is 12.7. The van der Waals surface area contributed by atoms with Crippen LogP contribution >= 0.6 is 11.6 Å². The highest BCUT2D eigenvalue weighted by atomic mass is 35.5. The molecule has 118 valence electrons. The molecule has 2 heterocycles. The fraction of sp³-hybridized carbons (Fsp3) is 0.500. The molecule has 1 aromatic rings. The molecule has 0 spiro atoms. The fourth-order valence-corrected chi connectivity index (χ4v) is 3.61. The first kappa shape index (κ1) is 15.2. The molecule has 2 aliphatic heterocycles. The van der Waals surface area contributed by atoms with E-state index >= 15 is 0 Å². The van der Waals surface area contributed by atoms with E-state index in [-0.39, 0.29) is 30.2 Å². The first-order valence-electron chi connectivity index (χ1n) is 7.49. The number of halogens is 1. The Labute approximate surface area is 134 Å². The number of fused-ring (bicyclic) bond motifs is 1. The average molecular weight is 323 g/mol. The lowest BCUT2D eigenvalue weighted by molar-refractivity contribution is -0.136. The molecule has 6 heteroatoms. The van der Waals surface area contributed by atoms with Crippen molar-refractivity contribution in [3.63, 3.8) is 0 Å². The van der Waals surface area contributed by atoms with Crippen molar-refractivity contribution in [2.45, 2.75) is 25.3 Å². The number of hydrogen-bond donors (Lipinski definition) is 1. The molecule has 2 fully saturated rings. The van der Waals surface area contributed by atoms with Crippen molar-refractivity contribution < 1.29 is 14.3 Å². The van der Waals surface area contributed by atoms with Crippen molar-refractivity contribution in [2.24, 2.45) is 5.92 Å². The van der Waals surface area contributed by atoms with E-state index in [2.05, 4.69) is 5.32 Å². The van der Waals surface area contributed by atoms with Gasteiger partial charge < -0.3 is 15.0 Å². The van der Waals surface area contributed by atoms with E-state index in [9.17, 15) is 9.59 Å². The van der Waals surface area contributed by atoms with Crippen LogP contribution < -0.4 is 10.1 Å². The first-order chi connectivity index (χ1) is 10.6. The number of benzene rings is 1. The number of hydrogen-bond acceptors (Lipinski definition) is 3. The third kappa shape index (κ3) is 2.77. The van der Waals surface area contributed by atoms with E-state index in [1.807, 2.05) is 4.90 Å². The van der Waals surface area contributed by atoms with Gasteiger partial charge in [-0.1, -0.05) is 11.6 Å². The zero-order chi connectivity index (χ0) is 15.7. The summed E-state index contributed by atoms with van der Waals surface area (Å²) in [5, 5.41) is 3.44. The van der Waals surface area contributed by atoms with Crippen molar-refractivity contribution >= 4 is 23.4 Å². The molecule has 0 radical (unpaired) electrons. The van der Waals surface area contributed by atoms with Crippen molar-refractivity contribution in [1.82, 2.24) is 10.2 Å². The van der Waals surface area contributed by atoms with Gasteiger partial charge in [0, 0.05) is 23.7 Å². The summed E-state index contributed by atoms with van der Waals surface area (Å²) in [7, 11) is 1.58. The molecule has 2 aliphatic rings. The SMILES string of the molecule is COc1ccc(Cl)cc1CC(=O)N1CCC[C@H]2C(=O)NC[C@H]21. The van der Waals surface area contributed by atoms with Gasteiger partial charge in [-0.15, -0.1) is 0 Å². The van der Waals surface area contributed by atoms with Crippen LogP contribution in [0.5, 0.6) is 5.75 Å². The normalized spacial score (nSPS) is 23.9. The predicted molar refractivity (Wildman–Crippen MR) is 82.9 cm³/mol. The minimum absolute atomic E-state index is 0.0149. The largest absolute Gasteiger partial charge is 0.496 e. The number of methoxy groups -OCH3 is 1. The zero-order valence-electron chi connectivity index (χ0n) is 12.5. The number of piperidine rings is 1. The third-order valence-electron chi connectivity index (χ3n) is 4.51. The summed E-state index contributed by atoms with van der Waals surface area (Å²) >= 11 is 6.02. The molecule has 22 heavy (non-hydrogen) atoms. The molecule has 0 unspecified atom stereocenters. The Balaban J connectivity index is 1.77. The van der Waals surface area contributed by atoms with Crippen LogP contribution in [0.1, 0.15) is 18.4 Å². The number of carbonyl (C=O) groups is 2. The first-order valence-corrected chi connectivity index (χ1v) is 7.87. The van der Waals surface area contributed by atoms with Gasteiger partial charge in [0.2, 0.25) is 11.8 Å². The van der Waals surface area contributed by atoms with Crippen LogP contribution in [0, 0.1) is 5.92 Å². The Morgan fingerprint density at radius 1 is 1.50 bits per heavy atom. The molecule has 5 nitrogen and oxygen atoms in total. The van der Waals surface area contributed by atoms with Gasteiger partial charge in [-0.05, 0) is 31.0 Å². The zero-order valence-corrected chi connectivity index (χ0v) is 13.2. The highest BCUT2D eigenvalue weighted by Crippen LogP contribution is 2.29. The number of nitrogens with one attached hydrogen (secondary N) is 1. The number of carbonyl (C=O) groups excluding carboxylic acids is 2. The molecular formula is C16H19ClN2O3. The fourth-order valence-electron chi connectivity index (χ4n) is 3.41. The van der Waals surface area contributed by atoms with Crippen LogP contribution in [0.3, 0.4) is 0 Å². The number of ether oxygens (including phenoxy) is 1. The Hall–Kier alpha value is -1.75. The van der Waals surface area contributed by atoms with Crippen molar-refractivity contribution in [3.05, 3.63) is 28.8 Å². The lowest BCUT2D eigenvalue weighted by Gasteiger charge is -2.36. The van der Waals surface area contributed by atoms with Crippen LogP contribution in [0.15, 0.2) is 18.2 Å². The molecule has 0 aliphatic carbocycles. The van der Waals surface area contributed by atoms with E-state index < -0.39 is 0 Å². The van der Waals surface area contributed by atoms with Gasteiger partial charge in [0.25, 0.3) is 0 Å². The summed E-state index contributed by atoms with van der Waals surface area (Å²) in [6, 6.07) is 5.26. The molecule has 2 amide bonds. The second-order valence-corrected chi connectivity index (χ2v) is 6.22. The third-order valence-corrected chi connectivity index (χ3v) is 4.74. The summed E-state index contributed by atoms with van der Waals surface area (Å²) in [6.45, 7) is 1.26. The predicted octanol–water partition coefficient (Wildman–Crippen LogP) is 1.63. The lowest BCUT2D eigenvalue weighted by Crippen LogP contribution is -2.49. The lowest BCUT2D eigenvalue weighted by atomic mass is 9.91. The van der Waals surface area contributed by atoms with Crippen LogP contribution in [-0.4, -0.2) is 43.0 Å². The number of amides is 2. The van der Waals surface area contributed by atoms with Gasteiger partial charge in [0.05, 0.1) is 25.5 Å². The van der Waals surface area contributed by atoms with Crippen molar-refractivity contribution in [1.29, 1.82) is 0 Å². The van der Waals surface area contributed by atoms with Crippen LogP contribution in [0.4, 0.5) is 0 Å². The minimum Gasteiger partial charge on any atom is -0.496 e. The Kier molecular flexibility index (Phi) is 4.25. The molecule has 2 saturated heterocycles. The van der Waals surface area contributed by atoms with Gasteiger partial charge in [0.15, 0.2) is 0 Å². The Morgan fingerprint density at radius 2 is 2.32 bits per heavy atom. The summed E-state index contributed by atoms with van der Waals surface area (Å²) < 4.78 is 5.30. The smallest absolute Gasteiger partial charge is 0.227 e. The standard InChI is InChI=1S/C16H19ClN2O3/c1-22-14-5-4-11(17)7-10(14)8-15(20)19-6-2-3-12-13(19)9-18-16(12)21/h4-5,7,12-13H,2-3,6,8-9H2,1H3,(H,18,21)/t12-,13-/m1/s1. The molecule has 2 atom stereocenters. The van der Waals surface area contributed by atoms with Gasteiger partial charge in [-0.2, -0.15) is 0 Å². The van der Waals surface area contributed by atoms with E-state index in [4.69, 9.17) is 16.3 Å². The Morgan fingerprint density at radius 3 is 3.09 bits per heavy atom. The summed E-state index contributed by atoms with van der Waals surface area (Å²) in [5.41, 5.74) is 0.777. The van der Waals surface area contributed by atoms with Crippen molar-refractivity contribution in [3.8, 4) is 5.75 Å². The topological polar surface area (TPSA) is 58.6 Å². The number of rotatable bonds is 3. The molecule has 1 N–H and O–H groups in total. The maximum Gasteiger partial charge on any atom is 0.227 e. The molecular weight excluding hydrogens is 304 g/mol. The highest BCUT2D eigenvalue weighted by molar-refractivity contribution is 6.30. The van der Waals surface area contributed by atoms with Gasteiger partial charge in [-0.25, -0.2) is 0 Å². The molecule has 0 saturated carbocycles. The second kappa shape index (κ2) is 6.16. The van der Waals surface area contributed by atoms with E-state index in [1.165, 1.54) is 0 Å². The summed E-state index contributed by atoms with van der Waals surface area (Å²) in [4.78, 5) is 26.3. The molecule has 3 rings (SSSR count). The van der Waals surface area contributed by atoms with Crippen LogP contribution in [0.2, 0.25) is 5.02 Å². The van der Waals surface area contributed by atoms with E-state index in [0.717, 1.165) is 18.4 Å². The van der Waals surface area contributed by atoms with Gasteiger partial charge in [0.1, 0.15) is 5.75 Å². The average Bonchev–Trinajstić information content (AvgIpc) is 2.89.